The number of nitrogens with two attached hydrogens (primary N) is 1. The number of hydrogen-bond acceptors (Lipinski definition) is 4. The van der Waals surface area contributed by atoms with E-state index in [9.17, 15) is 5.26 Å². The van der Waals surface area contributed by atoms with Crippen molar-refractivity contribution in [2.75, 3.05) is 24.2 Å². The van der Waals surface area contributed by atoms with E-state index in [1.54, 1.807) is 4.68 Å². The summed E-state index contributed by atoms with van der Waals surface area (Å²) in [6, 6.07) is 9.63. The number of hydrogen-bond donors (Lipinski definition) is 1. The van der Waals surface area contributed by atoms with Crippen molar-refractivity contribution in [3.05, 3.63) is 40.4 Å². The highest BCUT2D eigenvalue weighted by Gasteiger charge is 2.18. The van der Waals surface area contributed by atoms with Crippen LogP contribution >= 0.6 is 11.6 Å². The average molecular weight is 290 g/mol. The van der Waals surface area contributed by atoms with Gasteiger partial charge in [0.2, 0.25) is 0 Å². The Labute approximate surface area is 123 Å². The van der Waals surface area contributed by atoms with Gasteiger partial charge in [0, 0.05) is 18.6 Å². The molecule has 0 fully saturated rings. The predicted molar refractivity (Wildman–Crippen MR) is 80.9 cm³/mol. The van der Waals surface area contributed by atoms with E-state index < -0.39 is 0 Å². The molecule has 0 radical (unpaired) electrons. The van der Waals surface area contributed by atoms with Crippen LogP contribution in [0.15, 0.2) is 24.3 Å². The van der Waals surface area contributed by atoms with Crippen LogP contribution < -0.4 is 10.6 Å². The Kier molecular flexibility index (Phi) is 4.16. The summed E-state index contributed by atoms with van der Waals surface area (Å²) in [6.45, 7) is 3.18. The normalized spacial score (nSPS) is 10.3. The molecule has 2 rings (SSSR count). The molecular weight excluding hydrogens is 274 g/mol. The molecular formula is C14H16ClN5. The maximum atomic E-state index is 9.24. The Balaban J connectivity index is 2.41. The molecule has 0 bridgehead atoms. The van der Waals surface area contributed by atoms with Crippen molar-refractivity contribution in [2.24, 2.45) is 0 Å². The van der Waals surface area contributed by atoms with E-state index in [1.165, 1.54) is 0 Å². The van der Waals surface area contributed by atoms with Gasteiger partial charge in [0.05, 0.1) is 6.54 Å². The molecule has 104 valence electrons. The van der Waals surface area contributed by atoms with Gasteiger partial charge in [0.15, 0.2) is 5.82 Å². The van der Waals surface area contributed by atoms with Gasteiger partial charge in [-0.15, -0.1) is 0 Å². The van der Waals surface area contributed by atoms with Crippen LogP contribution in [0, 0.1) is 11.3 Å². The zero-order valence-electron chi connectivity index (χ0n) is 11.5. The number of nitrogens with zero attached hydrogens (tertiary/aromatic N) is 4. The van der Waals surface area contributed by atoms with E-state index >= 15 is 0 Å². The molecule has 1 heterocycles. The number of halogens is 1. The van der Waals surface area contributed by atoms with E-state index in [0.717, 1.165) is 12.1 Å². The third kappa shape index (κ3) is 2.56. The molecule has 6 heteroatoms. The van der Waals surface area contributed by atoms with E-state index in [2.05, 4.69) is 11.2 Å². The standard InChI is InChI=1S/C14H16ClN5/c1-3-19(2)14-11(8-16)13(17)20(18-14)9-10-6-4-5-7-12(10)15/h4-7H,3,9,17H2,1-2H3. The minimum Gasteiger partial charge on any atom is -0.383 e. The summed E-state index contributed by atoms with van der Waals surface area (Å²) < 4.78 is 1.61. The molecule has 1 aromatic carbocycles. The molecule has 0 aliphatic heterocycles. The van der Waals surface area contributed by atoms with Crippen molar-refractivity contribution < 1.29 is 0 Å². The number of anilines is 2. The summed E-state index contributed by atoms with van der Waals surface area (Å²) in [5.41, 5.74) is 7.33. The Morgan fingerprint density at radius 2 is 2.15 bits per heavy atom. The first-order valence-corrected chi connectivity index (χ1v) is 6.67. The van der Waals surface area contributed by atoms with Crippen LogP contribution in [0.1, 0.15) is 18.1 Å². The summed E-state index contributed by atoms with van der Waals surface area (Å²) in [5, 5.41) is 14.3. The largest absolute Gasteiger partial charge is 0.383 e. The zero-order chi connectivity index (χ0) is 14.7. The van der Waals surface area contributed by atoms with Crippen LogP contribution in [0.4, 0.5) is 11.6 Å². The van der Waals surface area contributed by atoms with Crippen LogP contribution in [-0.4, -0.2) is 23.4 Å². The molecule has 0 spiro atoms. The molecule has 0 aliphatic carbocycles. The molecule has 0 unspecified atom stereocenters. The smallest absolute Gasteiger partial charge is 0.170 e. The summed E-state index contributed by atoms with van der Waals surface area (Å²) in [6.07, 6.45) is 0. The summed E-state index contributed by atoms with van der Waals surface area (Å²) in [7, 11) is 1.88. The van der Waals surface area contributed by atoms with Crippen LogP contribution in [0.2, 0.25) is 5.02 Å². The quantitative estimate of drug-likeness (QED) is 0.939. The molecule has 0 atom stereocenters. The monoisotopic (exact) mass is 289 g/mol. The van der Waals surface area contributed by atoms with E-state index in [0.29, 0.717) is 28.8 Å². The minimum atomic E-state index is 0.364. The Morgan fingerprint density at radius 3 is 2.75 bits per heavy atom. The maximum Gasteiger partial charge on any atom is 0.170 e. The van der Waals surface area contributed by atoms with Crippen molar-refractivity contribution in [1.82, 2.24) is 9.78 Å². The maximum absolute atomic E-state index is 9.24. The van der Waals surface area contributed by atoms with Crippen LogP contribution in [0.25, 0.3) is 0 Å². The Hall–Kier alpha value is -2.19. The first-order valence-electron chi connectivity index (χ1n) is 6.29. The molecule has 0 amide bonds. The molecule has 5 nitrogen and oxygen atoms in total. The van der Waals surface area contributed by atoms with Crippen molar-refractivity contribution >= 4 is 23.2 Å². The zero-order valence-corrected chi connectivity index (χ0v) is 12.2. The number of aromatic nitrogens is 2. The number of nitriles is 1. The van der Waals surface area contributed by atoms with Gasteiger partial charge in [-0.2, -0.15) is 10.4 Å². The molecule has 2 N–H and O–H groups in total. The topological polar surface area (TPSA) is 70.9 Å². The Bertz CT molecular complexity index is 656. The lowest BCUT2D eigenvalue weighted by molar-refractivity contribution is 0.692. The fraction of sp³-hybridized carbons (Fsp3) is 0.286. The Morgan fingerprint density at radius 1 is 1.45 bits per heavy atom. The van der Waals surface area contributed by atoms with Crippen molar-refractivity contribution in [3.8, 4) is 6.07 Å². The van der Waals surface area contributed by atoms with Crippen LogP contribution in [0.5, 0.6) is 0 Å². The minimum absolute atomic E-state index is 0.364. The van der Waals surface area contributed by atoms with Crippen molar-refractivity contribution in [2.45, 2.75) is 13.5 Å². The van der Waals surface area contributed by atoms with E-state index in [-0.39, 0.29) is 0 Å². The highest BCUT2D eigenvalue weighted by molar-refractivity contribution is 6.31. The van der Waals surface area contributed by atoms with Crippen molar-refractivity contribution in [1.29, 1.82) is 5.26 Å². The third-order valence-corrected chi connectivity index (χ3v) is 3.57. The van der Waals surface area contributed by atoms with Crippen LogP contribution in [-0.2, 0) is 6.54 Å². The summed E-state index contributed by atoms with van der Waals surface area (Å²) >= 11 is 6.14. The summed E-state index contributed by atoms with van der Waals surface area (Å²) in [5.74, 6) is 0.960. The number of benzene rings is 1. The lowest BCUT2D eigenvalue weighted by Crippen LogP contribution is -2.17. The molecule has 0 saturated carbocycles. The van der Waals surface area contributed by atoms with Crippen molar-refractivity contribution in [3.63, 3.8) is 0 Å². The predicted octanol–water partition coefficient (Wildman–Crippen LogP) is 2.49. The lowest BCUT2D eigenvalue weighted by Gasteiger charge is -2.12. The van der Waals surface area contributed by atoms with Gasteiger partial charge in [-0.05, 0) is 18.6 Å². The molecule has 0 saturated heterocycles. The second-order valence-corrected chi connectivity index (χ2v) is 4.87. The van der Waals surface area contributed by atoms with Gasteiger partial charge >= 0.3 is 0 Å². The highest BCUT2D eigenvalue weighted by atomic mass is 35.5. The van der Waals surface area contributed by atoms with Crippen LogP contribution in [0.3, 0.4) is 0 Å². The highest BCUT2D eigenvalue weighted by Crippen LogP contribution is 2.25. The fourth-order valence-corrected chi connectivity index (χ4v) is 2.09. The molecule has 2 aromatic rings. The first kappa shape index (κ1) is 14.2. The summed E-state index contributed by atoms with van der Waals surface area (Å²) in [4.78, 5) is 1.89. The van der Waals surface area contributed by atoms with Gasteiger partial charge in [-0.25, -0.2) is 4.68 Å². The molecule has 0 aliphatic rings. The average Bonchev–Trinajstić information content (AvgIpc) is 2.77. The molecule has 1 aromatic heterocycles. The first-order chi connectivity index (χ1) is 9.58. The van der Waals surface area contributed by atoms with Gasteiger partial charge in [0.25, 0.3) is 0 Å². The second kappa shape index (κ2) is 5.85. The SMILES string of the molecule is CCN(C)c1nn(Cc2ccccc2Cl)c(N)c1C#N. The van der Waals surface area contributed by atoms with E-state index in [1.807, 2.05) is 43.1 Å². The van der Waals surface area contributed by atoms with E-state index in [4.69, 9.17) is 17.3 Å². The molecule has 20 heavy (non-hydrogen) atoms. The number of nitrogen functional groups attached to an aromatic ring is 1. The fourth-order valence-electron chi connectivity index (χ4n) is 1.89. The van der Waals surface area contributed by atoms with Gasteiger partial charge in [0.1, 0.15) is 17.5 Å². The van der Waals surface area contributed by atoms with Gasteiger partial charge in [-0.1, -0.05) is 29.8 Å². The second-order valence-electron chi connectivity index (χ2n) is 4.46. The van der Waals surface area contributed by atoms with Gasteiger partial charge < -0.3 is 10.6 Å². The number of rotatable bonds is 4. The van der Waals surface area contributed by atoms with Gasteiger partial charge in [-0.3, -0.25) is 0 Å². The lowest BCUT2D eigenvalue weighted by atomic mass is 10.2. The third-order valence-electron chi connectivity index (χ3n) is 3.20.